The van der Waals surface area contributed by atoms with E-state index in [2.05, 4.69) is 79.8 Å². The van der Waals surface area contributed by atoms with Crippen molar-refractivity contribution < 1.29 is 0 Å². The summed E-state index contributed by atoms with van der Waals surface area (Å²) in [6.45, 7) is 2.93. The molecule has 2 aromatic carbocycles. The van der Waals surface area contributed by atoms with Crippen molar-refractivity contribution in [3.63, 3.8) is 0 Å². The van der Waals surface area contributed by atoms with E-state index in [1.807, 2.05) is 36.7 Å². The first-order valence-electron chi connectivity index (χ1n) is 12.9. The lowest BCUT2D eigenvalue weighted by molar-refractivity contribution is 0.211. The fraction of sp³-hybridized carbons (Fsp3) is 0.194. The van der Waals surface area contributed by atoms with Crippen molar-refractivity contribution in [2.75, 3.05) is 18.4 Å². The first-order valence-corrected chi connectivity index (χ1v) is 12.9. The minimum Gasteiger partial charge on any atom is -0.367 e. The maximum atomic E-state index is 9.02. The molecule has 186 valence electrons. The van der Waals surface area contributed by atoms with Crippen molar-refractivity contribution in [2.24, 2.45) is 0 Å². The standard InChI is InChI=1S/C31H27N7/c32-19-30-34-15-11-29(37-30)35-26-12-16-38(17-13-26)21-22-6-8-24(9-7-22)31-27(23-4-2-1-3-5-23)18-25-10-14-33-20-28(25)36-31/h1-11,14-15,18,20,26H,12-13,16-17,21H2,(H,34,35,37). The highest BCUT2D eigenvalue weighted by atomic mass is 15.1. The molecule has 0 amide bonds. The van der Waals surface area contributed by atoms with E-state index in [0.717, 1.165) is 71.6 Å². The molecule has 1 aliphatic rings. The van der Waals surface area contributed by atoms with E-state index in [0.29, 0.717) is 6.04 Å². The number of aromatic nitrogens is 4. The van der Waals surface area contributed by atoms with Crippen LogP contribution in [0.15, 0.2) is 91.4 Å². The summed E-state index contributed by atoms with van der Waals surface area (Å²) in [5.74, 6) is 0.917. The molecule has 0 aliphatic carbocycles. The van der Waals surface area contributed by atoms with Crippen LogP contribution in [-0.4, -0.2) is 44.0 Å². The molecule has 6 rings (SSSR count). The smallest absolute Gasteiger partial charge is 0.234 e. The van der Waals surface area contributed by atoms with Gasteiger partial charge in [-0.15, -0.1) is 0 Å². The summed E-state index contributed by atoms with van der Waals surface area (Å²) in [5, 5.41) is 13.6. The number of benzene rings is 2. The number of nitriles is 1. The molecule has 1 N–H and O–H groups in total. The molecule has 0 atom stereocenters. The number of pyridine rings is 2. The lowest BCUT2D eigenvalue weighted by Crippen LogP contribution is -2.38. The van der Waals surface area contributed by atoms with Crippen molar-refractivity contribution in [3.8, 4) is 28.5 Å². The normalized spacial score (nSPS) is 14.3. The van der Waals surface area contributed by atoms with Crippen LogP contribution in [0.2, 0.25) is 0 Å². The van der Waals surface area contributed by atoms with Crippen molar-refractivity contribution in [2.45, 2.75) is 25.4 Å². The minimum atomic E-state index is 0.197. The third-order valence-electron chi connectivity index (χ3n) is 7.03. The van der Waals surface area contributed by atoms with Crippen LogP contribution in [0.3, 0.4) is 0 Å². The Kier molecular flexibility index (Phi) is 6.71. The van der Waals surface area contributed by atoms with Gasteiger partial charge in [0.2, 0.25) is 5.82 Å². The molecule has 38 heavy (non-hydrogen) atoms. The second-order valence-corrected chi connectivity index (χ2v) is 9.59. The average Bonchev–Trinajstić information content (AvgIpc) is 2.98. The Morgan fingerprint density at radius 1 is 0.895 bits per heavy atom. The van der Waals surface area contributed by atoms with Crippen LogP contribution in [0.4, 0.5) is 5.82 Å². The second kappa shape index (κ2) is 10.8. The molecule has 0 radical (unpaired) electrons. The van der Waals surface area contributed by atoms with Gasteiger partial charge >= 0.3 is 0 Å². The zero-order valence-electron chi connectivity index (χ0n) is 21.0. The zero-order chi connectivity index (χ0) is 25.7. The highest BCUT2D eigenvalue weighted by molar-refractivity contribution is 5.91. The summed E-state index contributed by atoms with van der Waals surface area (Å²) in [6.07, 6.45) is 7.32. The molecule has 7 heteroatoms. The van der Waals surface area contributed by atoms with Gasteiger partial charge in [0.1, 0.15) is 11.9 Å². The number of nitrogens with one attached hydrogen (secondary N) is 1. The summed E-state index contributed by atoms with van der Waals surface area (Å²) in [5.41, 5.74) is 6.53. The van der Waals surface area contributed by atoms with Crippen LogP contribution in [0.5, 0.6) is 0 Å². The van der Waals surface area contributed by atoms with E-state index >= 15 is 0 Å². The third kappa shape index (κ3) is 5.22. The molecule has 1 fully saturated rings. The van der Waals surface area contributed by atoms with Crippen LogP contribution >= 0.6 is 0 Å². The molecule has 4 heterocycles. The summed E-state index contributed by atoms with van der Waals surface area (Å²) in [7, 11) is 0. The fourth-order valence-corrected chi connectivity index (χ4v) is 5.04. The number of likely N-dealkylation sites (tertiary alicyclic amines) is 1. The van der Waals surface area contributed by atoms with E-state index in [1.165, 1.54) is 5.56 Å². The molecule has 0 saturated carbocycles. The quantitative estimate of drug-likeness (QED) is 0.322. The van der Waals surface area contributed by atoms with Gasteiger partial charge in [-0.3, -0.25) is 9.88 Å². The summed E-state index contributed by atoms with van der Waals surface area (Å²) >= 11 is 0. The largest absolute Gasteiger partial charge is 0.367 e. The Labute approximate surface area is 221 Å². The Bertz CT molecular complexity index is 1590. The molecule has 3 aromatic heterocycles. The Morgan fingerprint density at radius 2 is 1.71 bits per heavy atom. The van der Waals surface area contributed by atoms with E-state index in [9.17, 15) is 0 Å². The highest BCUT2D eigenvalue weighted by Crippen LogP contribution is 2.33. The number of rotatable bonds is 6. The van der Waals surface area contributed by atoms with Crippen LogP contribution in [0.25, 0.3) is 33.3 Å². The molecule has 0 unspecified atom stereocenters. The second-order valence-electron chi connectivity index (χ2n) is 9.59. The zero-order valence-corrected chi connectivity index (χ0v) is 21.0. The Morgan fingerprint density at radius 3 is 2.50 bits per heavy atom. The highest BCUT2D eigenvalue weighted by Gasteiger charge is 2.20. The van der Waals surface area contributed by atoms with Crippen LogP contribution < -0.4 is 5.32 Å². The molecule has 1 saturated heterocycles. The number of hydrogen-bond acceptors (Lipinski definition) is 7. The minimum absolute atomic E-state index is 0.197. The molecule has 0 bridgehead atoms. The third-order valence-corrected chi connectivity index (χ3v) is 7.03. The molecule has 1 aliphatic heterocycles. The van der Waals surface area contributed by atoms with Gasteiger partial charge in [0, 0.05) is 54.6 Å². The van der Waals surface area contributed by atoms with Gasteiger partial charge in [-0.05, 0) is 42.2 Å². The Balaban J connectivity index is 1.15. The van der Waals surface area contributed by atoms with Gasteiger partial charge in [-0.25, -0.2) is 15.0 Å². The maximum absolute atomic E-state index is 9.02. The average molecular weight is 498 g/mol. The van der Waals surface area contributed by atoms with E-state index in [4.69, 9.17) is 10.2 Å². The maximum Gasteiger partial charge on any atom is 0.234 e. The number of anilines is 1. The molecular formula is C31H27N7. The molecular weight excluding hydrogens is 470 g/mol. The molecule has 5 aromatic rings. The van der Waals surface area contributed by atoms with Gasteiger partial charge in [-0.2, -0.15) is 5.26 Å². The predicted octanol–water partition coefficient (Wildman–Crippen LogP) is 5.70. The molecule has 7 nitrogen and oxygen atoms in total. The lowest BCUT2D eigenvalue weighted by atomic mass is 9.97. The van der Waals surface area contributed by atoms with Crippen molar-refractivity contribution in [3.05, 3.63) is 103 Å². The van der Waals surface area contributed by atoms with Crippen molar-refractivity contribution in [1.29, 1.82) is 5.26 Å². The van der Waals surface area contributed by atoms with E-state index in [1.54, 1.807) is 6.20 Å². The van der Waals surface area contributed by atoms with Gasteiger partial charge in [0.15, 0.2) is 0 Å². The van der Waals surface area contributed by atoms with Crippen LogP contribution in [-0.2, 0) is 6.54 Å². The van der Waals surface area contributed by atoms with Gasteiger partial charge in [0.25, 0.3) is 0 Å². The van der Waals surface area contributed by atoms with E-state index in [-0.39, 0.29) is 5.82 Å². The van der Waals surface area contributed by atoms with E-state index < -0.39 is 0 Å². The first-order chi connectivity index (χ1) is 18.7. The number of fused-ring (bicyclic) bond motifs is 1. The monoisotopic (exact) mass is 497 g/mol. The van der Waals surface area contributed by atoms with Crippen LogP contribution in [0.1, 0.15) is 24.2 Å². The summed E-state index contributed by atoms with van der Waals surface area (Å²) < 4.78 is 0. The first kappa shape index (κ1) is 23.7. The lowest BCUT2D eigenvalue weighted by Gasteiger charge is -2.32. The SMILES string of the molecule is N#Cc1nccc(NC2CCN(Cc3ccc(-c4nc5cnccc5cc4-c4ccccc4)cc3)CC2)n1. The predicted molar refractivity (Wildman–Crippen MR) is 149 cm³/mol. The Hall–Kier alpha value is -4.67. The van der Waals surface area contributed by atoms with Crippen molar-refractivity contribution >= 4 is 16.7 Å². The van der Waals surface area contributed by atoms with Crippen molar-refractivity contribution in [1.82, 2.24) is 24.8 Å². The summed E-state index contributed by atoms with van der Waals surface area (Å²) in [6, 6.07) is 27.6. The number of piperidine rings is 1. The number of nitrogens with zero attached hydrogens (tertiary/aromatic N) is 6. The fourth-order valence-electron chi connectivity index (χ4n) is 5.04. The van der Waals surface area contributed by atoms with Gasteiger partial charge in [0.05, 0.1) is 17.4 Å². The topological polar surface area (TPSA) is 90.6 Å². The number of hydrogen-bond donors (Lipinski definition) is 1. The van der Waals surface area contributed by atoms with Crippen LogP contribution in [0, 0.1) is 11.3 Å². The molecule has 0 spiro atoms. The van der Waals surface area contributed by atoms with Gasteiger partial charge < -0.3 is 5.32 Å². The van der Waals surface area contributed by atoms with Gasteiger partial charge in [-0.1, -0.05) is 54.6 Å². The summed E-state index contributed by atoms with van der Waals surface area (Å²) in [4.78, 5) is 20.0.